The van der Waals surface area contributed by atoms with Crippen LogP contribution in [-0.4, -0.2) is 22.5 Å². The first kappa shape index (κ1) is 36.0. The zero-order chi connectivity index (χ0) is 39.8. The molecule has 12 heteroatoms. The minimum absolute atomic E-state index is 0.0407. The minimum Gasteiger partial charge on any atom is -0.482 e. The molecule has 5 aromatic rings. The SMILES string of the molecule is O=C1C(=Cc2cc3c(s2)-c2cc4c(cc2OC32CCCCC2)-c2sc(/C=C3/C(=O)c5cc(F)c(F)cc5C3O)cc2C2(CCCCC2)O4)C(=O)c2cc(F)c(F)cc21. The Morgan fingerprint density at radius 3 is 1.50 bits per heavy atom. The highest BCUT2D eigenvalue weighted by molar-refractivity contribution is 7.17. The third-order valence-corrected chi connectivity index (χ3v) is 15.0. The lowest BCUT2D eigenvalue weighted by molar-refractivity contribution is 0.0203. The van der Waals surface area contributed by atoms with Crippen LogP contribution in [0.5, 0.6) is 11.5 Å². The van der Waals surface area contributed by atoms with Gasteiger partial charge in [0.2, 0.25) is 0 Å². The number of rotatable bonds is 2. The van der Waals surface area contributed by atoms with Crippen LogP contribution in [0.4, 0.5) is 17.6 Å². The van der Waals surface area contributed by atoms with Gasteiger partial charge >= 0.3 is 0 Å². The predicted octanol–water partition coefficient (Wildman–Crippen LogP) is 11.6. The number of hydrogen-bond donors (Lipinski definition) is 1. The molecule has 292 valence electrons. The predicted molar refractivity (Wildman–Crippen MR) is 210 cm³/mol. The Labute approximate surface area is 337 Å². The number of thiophene rings is 2. The van der Waals surface area contributed by atoms with Gasteiger partial charge in [0.15, 0.2) is 40.6 Å². The third-order valence-electron chi connectivity index (χ3n) is 12.8. The number of hydrogen-bond acceptors (Lipinski definition) is 8. The number of aliphatic hydroxyl groups is 1. The minimum atomic E-state index is -1.40. The smallest absolute Gasteiger partial charge is 0.197 e. The average molecular weight is 821 g/mol. The van der Waals surface area contributed by atoms with Crippen molar-refractivity contribution in [3.05, 3.63) is 126 Å². The number of ether oxygens (including phenoxy) is 2. The van der Waals surface area contributed by atoms with Gasteiger partial charge in [-0.05, 0) is 118 Å². The Morgan fingerprint density at radius 1 is 0.552 bits per heavy atom. The molecule has 58 heavy (non-hydrogen) atoms. The summed E-state index contributed by atoms with van der Waals surface area (Å²) in [6, 6.07) is 11.3. The van der Waals surface area contributed by atoms with Gasteiger partial charge in [-0.3, -0.25) is 14.4 Å². The zero-order valence-corrected chi connectivity index (χ0v) is 32.4. The number of Topliss-reactive ketones (excluding diaryl/α,β-unsaturated/α-hetero) is 3. The molecule has 2 aliphatic heterocycles. The van der Waals surface area contributed by atoms with Gasteiger partial charge in [0.1, 0.15) is 28.8 Å². The van der Waals surface area contributed by atoms with E-state index in [4.69, 9.17) is 9.47 Å². The molecule has 1 N–H and O–H groups in total. The second kappa shape index (κ2) is 12.7. The molecule has 6 nitrogen and oxygen atoms in total. The van der Waals surface area contributed by atoms with E-state index in [0.717, 1.165) is 120 Å². The number of allylic oxidation sites excluding steroid dienone is 1. The molecule has 11 rings (SSSR count). The van der Waals surface area contributed by atoms with Crippen LogP contribution in [0.25, 0.3) is 33.0 Å². The summed E-state index contributed by atoms with van der Waals surface area (Å²) in [5.41, 5.74) is 1.92. The molecule has 2 saturated carbocycles. The van der Waals surface area contributed by atoms with Crippen molar-refractivity contribution in [3.8, 4) is 32.4 Å². The van der Waals surface area contributed by atoms with Crippen LogP contribution < -0.4 is 9.47 Å². The lowest BCUT2D eigenvalue weighted by atomic mass is 9.76. The highest BCUT2D eigenvalue weighted by Gasteiger charge is 2.47. The first-order valence-corrected chi connectivity index (χ1v) is 21.2. The van der Waals surface area contributed by atoms with Crippen molar-refractivity contribution in [1.29, 1.82) is 0 Å². The maximum absolute atomic E-state index is 14.1. The third kappa shape index (κ3) is 5.13. The molecule has 0 radical (unpaired) electrons. The van der Waals surface area contributed by atoms with E-state index in [1.54, 1.807) is 6.08 Å². The lowest BCUT2D eigenvalue weighted by Crippen LogP contribution is -2.38. The van der Waals surface area contributed by atoms with Crippen molar-refractivity contribution in [3.63, 3.8) is 0 Å². The highest BCUT2D eigenvalue weighted by atomic mass is 32.1. The van der Waals surface area contributed by atoms with Gasteiger partial charge in [0.05, 0.1) is 5.57 Å². The molecule has 4 aliphatic carbocycles. The first-order valence-electron chi connectivity index (χ1n) is 19.5. The molecule has 2 spiro atoms. The molecular weight excluding hydrogens is 789 g/mol. The molecule has 0 amide bonds. The number of carbonyl (C=O) groups is 3. The van der Waals surface area contributed by atoms with Crippen LogP contribution in [0.1, 0.15) is 128 Å². The molecule has 4 heterocycles. The summed E-state index contributed by atoms with van der Waals surface area (Å²) in [5.74, 6) is -5.14. The summed E-state index contributed by atoms with van der Waals surface area (Å²) in [5, 5.41) is 11.1. The monoisotopic (exact) mass is 820 g/mol. The second-order valence-corrected chi connectivity index (χ2v) is 18.3. The van der Waals surface area contributed by atoms with Crippen molar-refractivity contribution >= 4 is 52.2 Å². The number of aliphatic hydroxyl groups excluding tert-OH is 1. The number of fused-ring (bicyclic) bond motifs is 10. The average Bonchev–Trinajstić information content (AvgIpc) is 3.96. The zero-order valence-electron chi connectivity index (χ0n) is 30.7. The molecule has 1 unspecified atom stereocenters. The van der Waals surface area contributed by atoms with E-state index in [1.807, 2.05) is 24.3 Å². The molecular formula is C46H32F4O6S2. The first-order chi connectivity index (χ1) is 27.9. The van der Waals surface area contributed by atoms with Crippen molar-refractivity contribution in [2.45, 2.75) is 81.5 Å². The van der Waals surface area contributed by atoms with Crippen molar-refractivity contribution in [1.82, 2.24) is 0 Å². The number of ketones is 3. The van der Waals surface area contributed by atoms with Crippen molar-refractivity contribution in [2.75, 3.05) is 0 Å². The fourth-order valence-electron chi connectivity index (χ4n) is 9.96. The van der Waals surface area contributed by atoms with Crippen molar-refractivity contribution in [2.24, 2.45) is 0 Å². The van der Waals surface area contributed by atoms with Gasteiger partial charge in [0.25, 0.3) is 0 Å². The Hall–Kier alpha value is -5.17. The van der Waals surface area contributed by atoms with Gasteiger partial charge in [-0.25, -0.2) is 17.6 Å². The van der Waals surface area contributed by atoms with Crippen LogP contribution in [0.2, 0.25) is 0 Å². The van der Waals surface area contributed by atoms with Gasteiger partial charge in [-0.2, -0.15) is 0 Å². The maximum atomic E-state index is 14.1. The number of halogens is 4. The molecule has 1 atom stereocenters. The summed E-state index contributed by atoms with van der Waals surface area (Å²) in [4.78, 5) is 43.4. The number of carbonyl (C=O) groups excluding carboxylic acids is 3. The van der Waals surface area contributed by atoms with Crippen LogP contribution in [0, 0.1) is 23.3 Å². The van der Waals surface area contributed by atoms with E-state index in [2.05, 4.69) is 0 Å². The van der Waals surface area contributed by atoms with E-state index in [1.165, 1.54) is 28.7 Å². The fraction of sp³-hybridized carbons (Fsp3) is 0.283. The molecule has 2 fully saturated rings. The fourth-order valence-corrected chi connectivity index (χ4v) is 12.4. The Morgan fingerprint density at radius 2 is 1.00 bits per heavy atom. The molecule has 6 aliphatic rings. The topological polar surface area (TPSA) is 89.9 Å². The quantitative estimate of drug-likeness (QED) is 0.108. The van der Waals surface area contributed by atoms with Gasteiger partial charge in [-0.1, -0.05) is 12.8 Å². The summed E-state index contributed by atoms with van der Waals surface area (Å²) in [6.45, 7) is 0. The Kier molecular flexibility index (Phi) is 7.85. The van der Waals surface area contributed by atoms with Crippen LogP contribution in [0.15, 0.2) is 59.7 Å². The lowest BCUT2D eigenvalue weighted by Gasteiger charge is -2.44. The summed E-state index contributed by atoms with van der Waals surface area (Å²) < 4.78 is 70.6. The second-order valence-electron chi connectivity index (χ2n) is 16.2. The van der Waals surface area contributed by atoms with Crippen LogP contribution in [-0.2, 0) is 11.2 Å². The molecule has 0 saturated heterocycles. The summed E-state index contributed by atoms with van der Waals surface area (Å²) in [7, 11) is 0. The highest BCUT2D eigenvalue weighted by Crippen LogP contribution is 2.60. The molecule has 3 aromatic carbocycles. The van der Waals surface area contributed by atoms with E-state index in [0.29, 0.717) is 21.3 Å². The number of benzene rings is 3. The maximum Gasteiger partial charge on any atom is 0.197 e. The largest absolute Gasteiger partial charge is 0.482 e. The van der Waals surface area contributed by atoms with Gasteiger partial charge < -0.3 is 14.6 Å². The summed E-state index contributed by atoms with van der Waals surface area (Å²) in [6.07, 6.45) is 10.7. The van der Waals surface area contributed by atoms with E-state index in [9.17, 15) is 37.1 Å². The van der Waals surface area contributed by atoms with Crippen LogP contribution >= 0.6 is 22.7 Å². The molecule has 2 aromatic heterocycles. The van der Waals surface area contributed by atoms with Gasteiger partial charge in [0, 0.05) is 64.0 Å². The Bertz CT molecular complexity index is 2740. The standard InChI is InChI=1S/C46H32F4O6S2/c47-33-15-23-24(16-34(33)48)40(52)29(39(23)51)11-21-13-31-43(57-21)27-20-38-28(19-37(27)55-45(31)7-3-1-4-8-45)44-32(46(56-38)9-5-2-6-10-46)14-22(58-44)12-30-41(53)25-17-35(49)36(50)18-26(25)42(30)54/h11-20,39,51H,1-10H2/b29-11+. The molecule has 0 bridgehead atoms. The Balaban J connectivity index is 1.03. The van der Waals surface area contributed by atoms with E-state index < -0.39 is 57.9 Å². The van der Waals surface area contributed by atoms with E-state index in [-0.39, 0.29) is 33.4 Å². The van der Waals surface area contributed by atoms with Crippen molar-refractivity contribution < 1.29 is 46.5 Å². The van der Waals surface area contributed by atoms with Crippen LogP contribution in [0.3, 0.4) is 0 Å². The van der Waals surface area contributed by atoms with Gasteiger partial charge in [-0.15, -0.1) is 22.7 Å². The van der Waals surface area contributed by atoms with E-state index >= 15 is 0 Å². The summed E-state index contributed by atoms with van der Waals surface area (Å²) >= 11 is 2.90. The normalized spacial score (nSPS) is 21.3.